The summed E-state index contributed by atoms with van der Waals surface area (Å²) in [4.78, 5) is 2.39. The minimum atomic E-state index is -0.453. The molecule has 0 saturated heterocycles. The number of fused-ring (bicyclic) bond motifs is 4. The van der Waals surface area contributed by atoms with E-state index in [-0.39, 0.29) is 0 Å². The molecule has 1 nitrogen and oxygen atoms in total. The van der Waals surface area contributed by atoms with E-state index in [0.717, 1.165) is 17.1 Å². The number of hydrogen-bond donors (Lipinski definition) is 0. The summed E-state index contributed by atoms with van der Waals surface area (Å²) in [6, 6.07) is 99.9. The van der Waals surface area contributed by atoms with Gasteiger partial charge in [-0.2, -0.15) is 0 Å². The first-order valence-corrected chi connectivity index (χ1v) is 22.8. The van der Waals surface area contributed by atoms with Crippen LogP contribution in [0.1, 0.15) is 22.3 Å². The van der Waals surface area contributed by atoms with Gasteiger partial charge in [-0.25, -0.2) is 0 Å². The predicted octanol–water partition coefficient (Wildman–Crippen LogP) is 17.3. The van der Waals surface area contributed by atoms with Crippen molar-refractivity contribution in [1.29, 1.82) is 0 Å². The average Bonchev–Trinajstić information content (AvgIpc) is 3.70. The van der Waals surface area contributed by atoms with Crippen LogP contribution >= 0.6 is 0 Å². The molecule has 0 bridgehead atoms. The molecule has 0 fully saturated rings. The molecule has 310 valence electrons. The fraction of sp³-hybridized carbons (Fsp3) is 0.0154. The molecule has 0 spiro atoms. The van der Waals surface area contributed by atoms with Gasteiger partial charge in [-0.1, -0.05) is 224 Å². The van der Waals surface area contributed by atoms with Crippen molar-refractivity contribution in [3.63, 3.8) is 0 Å². The molecular weight excluding hydrogens is 795 g/mol. The van der Waals surface area contributed by atoms with Crippen LogP contribution in [0.4, 0.5) is 17.1 Å². The Labute approximate surface area is 387 Å². The second-order valence-corrected chi connectivity index (χ2v) is 17.2. The van der Waals surface area contributed by atoms with E-state index in [0.29, 0.717) is 0 Å². The Kier molecular flexibility index (Phi) is 9.81. The van der Waals surface area contributed by atoms with Crippen LogP contribution in [-0.4, -0.2) is 0 Å². The minimum absolute atomic E-state index is 0.453. The molecule has 1 aliphatic carbocycles. The third kappa shape index (κ3) is 6.73. The molecule has 1 aliphatic rings. The zero-order valence-corrected chi connectivity index (χ0v) is 36.4. The summed E-state index contributed by atoms with van der Waals surface area (Å²) >= 11 is 0. The van der Waals surface area contributed by atoms with Crippen LogP contribution in [0, 0.1) is 0 Å². The molecule has 0 heterocycles. The molecule has 0 radical (unpaired) electrons. The number of nitrogens with zero attached hydrogens (tertiary/aromatic N) is 1. The van der Waals surface area contributed by atoms with Crippen molar-refractivity contribution in [2.45, 2.75) is 5.41 Å². The number of benzene rings is 11. The van der Waals surface area contributed by atoms with Crippen LogP contribution in [0.5, 0.6) is 0 Å². The fourth-order valence-corrected chi connectivity index (χ4v) is 10.5. The average molecular weight is 840 g/mol. The largest absolute Gasteiger partial charge is 0.310 e. The first-order valence-electron chi connectivity index (χ1n) is 22.8. The van der Waals surface area contributed by atoms with Crippen LogP contribution < -0.4 is 4.90 Å². The van der Waals surface area contributed by atoms with E-state index in [4.69, 9.17) is 0 Å². The van der Waals surface area contributed by atoms with Gasteiger partial charge in [0.05, 0.1) is 5.41 Å². The lowest BCUT2D eigenvalue weighted by molar-refractivity contribution is 0.769. The zero-order chi connectivity index (χ0) is 43.9. The Hall–Kier alpha value is -8.52. The Morgan fingerprint density at radius 1 is 0.227 bits per heavy atom. The van der Waals surface area contributed by atoms with Gasteiger partial charge in [0.2, 0.25) is 0 Å². The Bertz CT molecular complexity index is 3460. The highest BCUT2D eigenvalue weighted by Gasteiger charge is 2.46. The fourth-order valence-electron chi connectivity index (χ4n) is 10.5. The molecule has 11 aromatic rings. The van der Waals surface area contributed by atoms with Crippen molar-refractivity contribution >= 4 is 27.8 Å². The molecule has 11 aromatic carbocycles. The van der Waals surface area contributed by atoms with E-state index >= 15 is 0 Å². The normalized spacial score (nSPS) is 12.4. The molecule has 66 heavy (non-hydrogen) atoms. The van der Waals surface area contributed by atoms with E-state index in [9.17, 15) is 0 Å². The quantitative estimate of drug-likeness (QED) is 0.140. The first kappa shape index (κ1) is 39.1. The topological polar surface area (TPSA) is 3.24 Å². The van der Waals surface area contributed by atoms with E-state index in [1.165, 1.54) is 88.7 Å². The summed E-state index contributed by atoms with van der Waals surface area (Å²) in [7, 11) is 0. The van der Waals surface area contributed by atoms with Crippen molar-refractivity contribution in [3.8, 4) is 55.6 Å². The lowest BCUT2D eigenvalue weighted by Crippen LogP contribution is -2.28. The number of hydrogen-bond acceptors (Lipinski definition) is 1. The molecular formula is C65H45N. The summed E-state index contributed by atoms with van der Waals surface area (Å²) < 4.78 is 0. The highest BCUT2D eigenvalue weighted by molar-refractivity contribution is 5.91. The highest BCUT2D eigenvalue weighted by atomic mass is 15.1. The maximum absolute atomic E-state index is 2.45. The zero-order valence-electron chi connectivity index (χ0n) is 36.4. The smallest absolute Gasteiger partial charge is 0.0713 e. The van der Waals surface area contributed by atoms with Crippen LogP contribution in [0.25, 0.3) is 66.4 Å². The van der Waals surface area contributed by atoms with Gasteiger partial charge in [0.25, 0.3) is 0 Å². The molecule has 0 amide bonds. The van der Waals surface area contributed by atoms with Crippen LogP contribution in [-0.2, 0) is 5.41 Å². The van der Waals surface area contributed by atoms with Gasteiger partial charge in [-0.3, -0.25) is 0 Å². The Balaban J connectivity index is 0.965. The van der Waals surface area contributed by atoms with Crippen molar-refractivity contribution in [3.05, 3.63) is 295 Å². The Morgan fingerprint density at radius 3 is 1.35 bits per heavy atom. The van der Waals surface area contributed by atoms with Crippen LogP contribution in [0.3, 0.4) is 0 Å². The lowest BCUT2D eigenvalue weighted by atomic mass is 9.67. The van der Waals surface area contributed by atoms with Gasteiger partial charge in [0.15, 0.2) is 0 Å². The van der Waals surface area contributed by atoms with Gasteiger partial charge in [0.1, 0.15) is 0 Å². The molecule has 0 unspecified atom stereocenters. The third-order valence-electron chi connectivity index (χ3n) is 13.6. The molecule has 0 saturated carbocycles. The van der Waals surface area contributed by atoms with Crippen LogP contribution in [0.15, 0.2) is 273 Å². The molecule has 0 atom stereocenters. The third-order valence-corrected chi connectivity index (χ3v) is 13.6. The summed E-state index contributed by atoms with van der Waals surface area (Å²) in [6.45, 7) is 0. The van der Waals surface area contributed by atoms with Crippen molar-refractivity contribution in [1.82, 2.24) is 0 Å². The van der Waals surface area contributed by atoms with E-state index in [1.54, 1.807) is 0 Å². The Morgan fingerprint density at radius 2 is 0.682 bits per heavy atom. The maximum atomic E-state index is 2.45. The molecule has 0 aliphatic heterocycles. The van der Waals surface area contributed by atoms with Crippen molar-refractivity contribution in [2.75, 3.05) is 4.90 Å². The van der Waals surface area contributed by atoms with Crippen molar-refractivity contribution < 1.29 is 0 Å². The molecule has 0 aromatic heterocycles. The minimum Gasteiger partial charge on any atom is -0.310 e. The number of rotatable bonds is 9. The van der Waals surface area contributed by atoms with Gasteiger partial charge < -0.3 is 4.90 Å². The number of anilines is 3. The second-order valence-electron chi connectivity index (χ2n) is 17.2. The standard InChI is InChI=1S/C65H45N/c1-4-18-48(19-5-1)59-27-12-13-28-60(59)49-35-40-57(41-36-49)66(58-26-16-21-51(44-58)52-32-31-46-17-10-11-20-50(46)43-52)56-38-33-47(34-39-56)53-37-42-62-61-29-14-15-30-63(61)65(64(62)45-53,54-22-6-2-7-23-54)55-24-8-3-9-25-55/h1-45H. The predicted molar refractivity (Wildman–Crippen MR) is 278 cm³/mol. The molecule has 1 heteroatoms. The summed E-state index contributed by atoms with van der Waals surface area (Å²) in [5.74, 6) is 0. The van der Waals surface area contributed by atoms with Gasteiger partial charge in [-0.05, 0) is 137 Å². The van der Waals surface area contributed by atoms with E-state index in [2.05, 4.69) is 278 Å². The van der Waals surface area contributed by atoms with Gasteiger partial charge in [-0.15, -0.1) is 0 Å². The SMILES string of the molecule is c1ccc(-c2ccccc2-c2ccc(N(c3ccc(-c4ccc5c(c4)C(c4ccccc4)(c4ccccc4)c4ccccc4-5)cc3)c3cccc(-c4ccc5ccccc5c4)c3)cc2)cc1. The van der Waals surface area contributed by atoms with E-state index in [1.807, 2.05) is 0 Å². The van der Waals surface area contributed by atoms with Gasteiger partial charge >= 0.3 is 0 Å². The maximum Gasteiger partial charge on any atom is 0.0713 e. The second kappa shape index (κ2) is 16.6. The van der Waals surface area contributed by atoms with Crippen molar-refractivity contribution in [2.24, 2.45) is 0 Å². The highest BCUT2D eigenvalue weighted by Crippen LogP contribution is 2.56. The molecule has 12 rings (SSSR count). The lowest BCUT2D eigenvalue weighted by Gasteiger charge is -2.34. The first-order chi connectivity index (χ1) is 32.7. The molecule has 0 N–H and O–H groups in total. The summed E-state index contributed by atoms with van der Waals surface area (Å²) in [5.41, 5.74) is 20.1. The summed E-state index contributed by atoms with van der Waals surface area (Å²) in [6.07, 6.45) is 0. The van der Waals surface area contributed by atoms with E-state index < -0.39 is 5.41 Å². The van der Waals surface area contributed by atoms with Gasteiger partial charge in [0, 0.05) is 17.1 Å². The summed E-state index contributed by atoms with van der Waals surface area (Å²) in [5, 5.41) is 2.48. The monoisotopic (exact) mass is 839 g/mol. The van der Waals surface area contributed by atoms with Crippen LogP contribution in [0.2, 0.25) is 0 Å².